The molecule has 0 aliphatic rings. The summed E-state index contributed by atoms with van der Waals surface area (Å²) in [5.74, 6) is 0.648. The number of anilines is 1. The molecule has 0 saturated carbocycles. The monoisotopic (exact) mass is 291 g/mol. The van der Waals surface area contributed by atoms with Crippen LogP contribution in [0.15, 0.2) is 18.3 Å². The van der Waals surface area contributed by atoms with Crippen LogP contribution in [-0.4, -0.2) is 24.0 Å². The first-order valence-electron chi connectivity index (χ1n) is 8.26. The lowest BCUT2D eigenvalue weighted by atomic mass is 10.1. The van der Waals surface area contributed by atoms with Crippen molar-refractivity contribution in [2.75, 3.05) is 18.4 Å². The summed E-state index contributed by atoms with van der Waals surface area (Å²) >= 11 is 0. The normalized spacial score (nSPS) is 10.4. The molecule has 0 aliphatic carbocycles. The van der Waals surface area contributed by atoms with Gasteiger partial charge in [0, 0.05) is 19.3 Å². The molecule has 0 atom stereocenters. The van der Waals surface area contributed by atoms with Gasteiger partial charge in [-0.1, -0.05) is 46.0 Å². The minimum atomic E-state index is -0.0322. The molecular weight excluding hydrogens is 262 g/mol. The third-order valence-electron chi connectivity index (χ3n) is 3.41. The topological polar surface area (TPSA) is 54.0 Å². The number of pyridine rings is 1. The van der Waals surface area contributed by atoms with Gasteiger partial charge in [0.25, 0.3) is 5.91 Å². The predicted octanol–water partition coefficient (Wildman–Crippen LogP) is 3.99. The molecule has 4 nitrogen and oxygen atoms in total. The van der Waals surface area contributed by atoms with Gasteiger partial charge >= 0.3 is 0 Å². The quantitative estimate of drug-likeness (QED) is 0.606. The molecule has 2 N–H and O–H groups in total. The van der Waals surface area contributed by atoms with Crippen LogP contribution >= 0.6 is 0 Å². The molecule has 0 aliphatic heterocycles. The Morgan fingerprint density at radius 2 is 1.81 bits per heavy atom. The zero-order chi connectivity index (χ0) is 15.3. The maximum atomic E-state index is 12.2. The molecule has 1 aromatic rings. The number of nitrogens with one attached hydrogen (secondary N) is 2. The van der Waals surface area contributed by atoms with Crippen molar-refractivity contribution in [2.45, 2.75) is 58.8 Å². The number of amides is 1. The molecule has 21 heavy (non-hydrogen) atoms. The smallest absolute Gasteiger partial charge is 0.255 e. The molecule has 1 rings (SSSR count). The van der Waals surface area contributed by atoms with E-state index in [1.54, 1.807) is 12.3 Å². The van der Waals surface area contributed by atoms with Crippen LogP contribution < -0.4 is 10.6 Å². The zero-order valence-electron chi connectivity index (χ0n) is 13.5. The number of carbonyl (C=O) groups is 1. The highest BCUT2D eigenvalue weighted by molar-refractivity contribution is 5.98. The van der Waals surface area contributed by atoms with E-state index < -0.39 is 0 Å². The summed E-state index contributed by atoms with van der Waals surface area (Å²) in [6.07, 6.45) is 10.1. The van der Waals surface area contributed by atoms with Gasteiger partial charge in [-0.15, -0.1) is 0 Å². The van der Waals surface area contributed by atoms with Crippen LogP contribution in [0.25, 0.3) is 0 Å². The van der Waals surface area contributed by atoms with Crippen LogP contribution in [0.2, 0.25) is 0 Å². The molecular formula is C17H29N3O. The molecule has 1 aromatic heterocycles. The van der Waals surface area contributed by atoms with E-state index in [2.05, 4.69) is 29.5 Å². The van der Waals surface area contributed by atoms with Gasteiger partial charge in [-0.25, -0.2) is 4.98 Å². The second-order valence-electron chi connectivity index (χ2n) is 5.35. The summed E-state index contributed by atoms with van der Waals surface area (Å²) in [7, 11) is 0. The van der Waals surface area contributed by atoms with Gasteiger partial charge in [0.05, 0.1) is 5.56 Å². The maximum Gasteiger partial charge on any atom is 0.255 e. The molecule has 0 unspecified atom stereocenters. The summed E-state index contributed by atoms with van der Waals surface area (Å²) in [5, 5.41) is 6.18. The van der Waals surface area contributed by atoms with Crippen LogP contribution in [0.5, 0.6) is 0 Å². The van der Waals surface area contributed by atoms with Gasteiger partial charge in [-0.2, -0.15) is 0 Å². The molecule has 1 heterocycles. The summed E-state index contributed by atoms with van der Waals surface area (Å²) in [6, 6.07) is 3.62. The van der Waals surface area contributed by atoms with Crippen molar-refractivity contribution < 1.29 is 4.79 Å². The Bertz CT molecular complexity index is 407. The predicted molar refractivity (Wildman–Crippen MR) is 88.7 cm³/mol. The Balaban J connectivity index is 2.31. The van der Waals surface area contributed by atoms with Gasteiger partial charge in [-0.05, 0) is 25.0 Å². The number of hydrogen-bond donors (Lipinski definition) is 2. The fraction of sp³-hybridized carbons (Fsp3) is 0.647. The number of aromatic nitrogens is 1. The zero-order valence-corrected chi connectivity index (χ0v) is 13.5. The first-order valence-corrected chi connectivity index (χ1v) is 8.26. The summed E-state index contributed by atoms with van der Waals surface area (Å²) in [4.78, 5) is 16.4. The number of rotatable bonds is 11. The van der Waals surface area contributed by atoms with E-state index in [9.17, 15) is 4.79 Å². The molecule has 118 valence electrons. The highest BCUT2D eigenvalue weighted by Crippen LogP contribution is 2.11. The average Bonchev–Trinajstić information content (AvgIpc) is 2.52. The largest absolute Gasteiger partial charge is 0.369 e. The first-order chi connectivity index (χ1) is 10.3. The highest BCUT2D eigenvalue weighted by Gasteiger charge is 2.10. The first kappa shape index (κ1) is 17.5. The van der Waals surface area contributed by atoms with Crippen molar-refractivity contribution >= 4 is 11.7 Å². The van der Waals surface area contributed by atoms with Crippen LogP contribution in [-0.2, 0) is 0 Å². The second-order valence-corrected chi connectivity index (χ2v) is 5.35. The molecule has 1 amide bonds. The molecule has 4 heteroatoms. The highest BCUT2D eigenvalue weighted by atomic mass is 16.1. The van der Waals surface area contributed by atoms with E-state index in [1.165, 1.54) is 32.1 Å². The average molecular weight is 291 g/mol. The van der Waals surface area contributed by atoms with Crippen molar-refractivity contribution in [3.05, 3.63) is 23.9 Å². The number of unbranched alkanes of at least 4 members (excludes halogenated alkanes) is 5. The Morgan fingerprint density at radius 3 is 2.57 bits per heavy atom. The van der Waals surface area contributed by atoms with Gasteiger partial charge < -0.3 is 10.6 Å². The van der Waals surface area contributed by atoms with Crippen molar-refractivity contribution in [2.24, 2.45) is 0 Å². The maximum absolute atomic E-state index is 12.2. The Morgan fingerprint density at radius 1 is 1.05 bits per heavy atom. The van der Waals surface area contributed by atoms with Gasteiger partial charge in [-0.3, -0.25) is 4.79 Å². The van der Waals surface area contributed by atoms with Crippen molar-refractivity contribution in [1.82, 2.24) is 10.3 Å². The van der Waals surface area contributed by atoms with Crippen molar-refractivity contribution in [1.29, 1.82) is 0 Å². The lowest BCUT2D eigenvalue weighted by Gasteiger charge is -2.10. The van der Waals surface area contributed by atoms with E-state index in [0.29, 0.717) is 11.4 Å². The molecule has 0 spiro atoms. The lowest BCUT2D eigenvalue weighted by molar-refractivity contribution is 0.0953. The van der Waals surface area contributed by atoms with E-state index in [1.807, 2.05) is 6.07 Å². The number of carbonyl (C=O) groups excluding carboxylic acids is 1. The van der Waals surface area contributed by atoms with E-state index >= 15 is 0 Å². The Kier molecular flexibility index (Phi) is 9.25. The molecule has 0 bridgehead atoms. The fourth-order valence-corrected chi connectivity index (χ4v) is 2.18. The standard InChI is InChI=1S/C17H29N3O/c1-3-5-6-7-8-9-13-20-17(21)15-11-10-14-19-16(15)18-12-4-2/h10-11,14H,3-9,12-13H2,1-2H3,(H,18,19)(H,20,21). The van der Waals surface area contributed by atoms with Crippen LogP contribution in [0.3, 0.4) is 0 Å². The minimum absolute atomic E-state index is 0.0322. The van der Waals surface area contributed by atoms with Gasteiger partial charge in [0.15, 0.2) is 0 Å². The third kappa shape index (κ3) is 7.11. The molecule has 0 fully saturated rings. The summed E-state index contributed by atoms with van der Waals surface area (Å²) in [6.45, 7) is 5.88. The lowest BCUT2D eigenvalue weighted by Crippen LogP contribution is -2.25. The number of hydrogen-bond acceptors (Lipinski definition) is 3. The van der Waals surface area contributed by atoms with Crippen LogP contribution in [0.1, 0.15) is 69.2 Å². The Hall–Kier alpha value is -1.58. The van der Waals surface area contributed by atoms with Crippen LogP contribution in [0.4, 0.5) is 5.82 Å². The summed E-state index contributed by atoms with van der Waals surface area (Å²) < 4.78 is 0. The van der Waals surface area contributed by atoms with Gasteiger partial charge in [0.1, 0.15) is 5.82 Å². The van der Waals surface area contributed by atoms with Gasteiger partial charge in [0.2, 0.25) is 0 Å². The Labute approximate surface area is 128 Å². The second kappa shape index (κ2) is 11.1. The van der Waals surface area contributed by atoms with E-state index in [4.69, 9.17) is 0 Å². The van der Waals surface area contributed by atoms with E-state index in [-0.39, 0.29) is 5.91 Å². The molecule has 0 saturated heterocycles. The molecule has 0 radical (unpaired) electrons. The fourth-order valence-electron chi connectivity index (χ4n) is 2.18. The SMILES string of the molecule is CCCCCCCCNC(=O)c1cccnc1NCCC. The van der Waals surface area contributed by atoms with E-state index in [0.717, 1.165) is 25.9 Å². The minimum Gasteiger partial charge on any atom is -0.369 e. The van der Waals surface area contributed by atoms with Crippen molar-refractivity contribution in [3.63, 3.8) is 0 Å². The van der Waals surface area contributed by atoms with Crippen molar-refractivity contribution in [3.8, 4) is 0 Å². The number of nitrogens with zero attached hydrogens (tertiary/aromatic N) is 1. The molecule has 0 aromatic carbocycles. The van der Waals surface area contributed by atoms with Crippen LogP contribution in [0, 0.1) is 0 Å². The third-order valence-corrected chi connectivity index (χ3v) is 3.41. The summed E-state index contributed by atoms with van der Waals surface area (Å²) in [5.41, 5.74) is 0.636.